The molecule has 1 aliphatic rings. The number of hydrogen-bond acceptors (Lipinski definition) is 3. The normalized spacial score (nSPS) is 17.8. The molecular formula is C13H18N2O2. The van der Waals surface area contributed by atoms with Gasteiger partial charge in [0.2, 0.25) is 0 Å². The number of aliphatic carboxylic acids is 1. The fraction of sp³-hybridized carbons (Fsp3) is 0.615. The molecule has 1 heterocycles. The second kappa shape index (κ2) is 4.09. The summed E-state index contributed by atoms with van der Waals surface area (Å²) in [5, 5.41) is 9.21. The Labute approximate surface area is 101 Å². The molecule has 4 nitrogen and oxygen atoms in total. The number of hydrogen-bond donors (Lipinski definition) is 1. The topological polar surface area (TPSA) is 63.1 Å². The van der Waals surface area contributed by atoms with Crippen molar-refractivity contribution < 1.29 is 9.90 Å². The molecule has 1 saturated carbocycles. The molecule has 1 N–H and O–H groups in total. The summed E-state index contributed by atoms with van der Waals surface area (Å²) in [6.07, 6.45) is 5.34. The third-order valence-electron chi connectivity index (χ3n) is 3.06. The monoisotopic (exact) mass is 234 g/mol. The lowest BCUT2D eigenvalue weighted by Crippen LogP contribution is -2.18. The van der Waals surface area contributed by atoms with E-state index in [2.05, 4.69) is 9.97 Å². The molecule has 0 radical (unpaired) electrons. The van der Waals surface area contributed by atoms with Gasteiger partial charge in [-0.3, -0.25) is 4.79 Å². The zero-order valence-corrected chi connectivity index (χ0v) is 10.5. The van der Waals surface area contributed by atoms with Gasteiger partial charge in [-0.15, -0.1) is 0 Å². The lowest BCUT2D eigenvalue weighted by molar-refractivity contribution is -0.139. The van der Waals surface area contributed by atoms with Crippen LogP contribution in [0.2, 0.25) is 0 Å². The van der Waals surface area contributed by atoms with E-state index in [1.165, 1.54) is 0 Å². The third kappa shape index (κ3) is 2.62. The molecule has 92 valence electrons. The predicted molar refractivity (Wildman–Crippen MR) is 63.8 cm³/mol. The summed E-state index contributed by atoms with van der Waals surface area (Å²) in [5.74, 6) is -0.165. The first kappa shape index (κ1) is 12.0. The first-order valence-corrected chi connectivity index (χ1v) is 5.95. The minimum Gasteiger partial charge on any atom is -0.481 e. The summed E-state index contributed by atoms with van der Waals surface area (Å²) in [6.45, 7) is 6.12. The van der Waals surface area contributed by atoms with Gasteiger partial charge >= 0.3 is 5.97 Å². The minimum atomic E-state index is -0.764. The van der Waals surface area contributed by atoms with E-state index in [0.717, 1.165) is 24.2 Å². The molecule has 4 heteroatoms. The summed E-state index contributed by atoms with van der Waals surface area (Å²) in [4.78, 5) is 19.8. The molecule has 1 atom stereocenters. The Hall–Kier alpha value is -1.45. The Morgan fingerprint density at radius 3 is 2.24 bits per heavy atom. The average molecular weight is 234 g/mol. The molecule has 0 saturated heterocycles. The lowest BCUT2D eigenvalue weighted by Gasteiger charge is -2.17. The molecule has 2 rings (SSSR count). The van der Waals surface area contributed by atoms with Crippen LogP contribution in [0.1, 0.15) is 50.9 Å². The zero-order chi connectivity index (χ0) is 12.6. The Morgan fingerprint density at radius 1 is 1.35 bits per heavy atom. The van der Waals surface area contributed by atoms with Crippen LogP contribution < -0.4 is 0 Å². The quantitative estimate of drug-likeness (QED) is 0.872. The van der Waals surface area contributed by atoms with Crippen LogP contribution in [0.4, 0.5) is 0 Å². The highest BCUT2D eigenvalue weighted by atomic mass is 16.4. The van der Waals surface area contributed by atoms with E-state index >= 15 is 0 Å². The smallest absolute Gasteiger partial charge is 0.311 e. The summed E-state index contributed by atoms with van der Waals surface area (Å²) < 4.78 is 0. The Balaban J connectivity index is 2.24. The van der Waals surface area contributed by atoms with Gasteiger partial charge in [0.1, 0.15) is 5.82 Å². The standard InChI is InChI=1S/C13H18N2O2/c1-13(2,3)12-14-6-9(7-15-12)10(11(16)17)8-4-5-8/h6-8,10H,4-5H2,1-3H3,(H,16,17). The van der Waals surface area contributed by atoms with Crippen molar-refractivity contribution in [1.82, 2.24) is 9.97 Å². The number of aromatic nitrogens is 2. The molecule has 1 fully saturated rings. The number of carboxylic acid groups (broad SMARTS) is 1. The maximum Gasteiger partial charge on any atom is 0.311 e. The van der Waals surface area contributed by atoms with E-state index in [0.29, 0.717) is 0 Å². The molecule has 0 amide bonds. The van der Waals surface area contributed by atoms with Gasteiger partial charge in [-0.1, -0.05) is 20.8 Å². The van der Waals surface area contributed by atoms with Crippen molar-refractivity contribution in [3.8, 4) is 0 Å². The van der Waals surface area contributed by atoms with E-state index in [4.69, 9.17) is 0 Å². The maximum absolute atomic E-state index is 11.2. The molecule has 1 aromatic rings. The second-order valence-corrected chi connectivity index (χ2v) is 5.74. The molecule has 1 aliphatic carbocycles. The number of nitrogens with zero attached hydrogens (tertiary/aromatic N) is 2. The predicted octanol–water partition coefficient (Wildman–Crippen LogP) is 2.35. The Morgan fingerprint density at radius 2 is 1.88 bits per heavy atom. The van der Waals surface area contributed by atoms with E-state index in [1.54, 1.807) is 12.4 Å². The van der Waals surface area contributed by atoms with E-state index < -0.39 is 11.9 Å². The number of carbonyl (C=O) groups is 1. The summed E-state index contributed by atoms with van der Waals surface area (Å²) >= 11 is 0. The lowest BCUT2D eigenvalue weighted by atomic mass is 9.94. The average Bonchev–Trinajstić information content (AvgIpc) is 3.01. The summed E-state index contributed by atoms with van der Waals surface area (Å²) in [6, 6.07) is 0. The SMILES string of the molecule is CC(C)(C)c1ncc(C(C(=O)O)C2CC2)cn1. The van der Waals surface area contributed by atoms with Gasteiger partial charge in [-0.25, -0.2) is 9.97 Å². The highest BCUT2D eigenvalue weighted by Crippen LogP contribution is 2.42. The van der Waals surface area contributed by atoms with Crippen molar-refractivity contribution in [2.24, 2.45) is 5.92 Å². The first-order chi connectivity index (χ1) is 7.89. The van der Waals surface area contributed by atoms with Crippen LogP contribution in [0.25, 0.3) is 0 Å². The summed E-state index contributed by atoms with van der Waals surface area (Å²) in [7, 11) is 0. The van der Waals surface area contributed by atoms with E-state index in [9.17, 15) is 9.90 Å². The Kier molecular flexibility index (Phi) is 2.89. The van der Waals surface area contributed by atoms with Crippen LogP contribution in [0, 0.1) is 5.92 Å². The van der Waals surface area contributed by atoms with Gasteiger partial charge in [-0.05, 0) is 18.8 Å². The van der Waals surface area contributed by atoms with Gasteiger partial charge in [-0.2, -0.15) is 0 Å². The van der Waals surface area contributed by atoms with Crippen molar-refractivity contribution in [2.45, 2.75) is 44.9 Å². The van der Waals surface area contributed by atoms with Crippen molar-refractivity contribution in [3.63, 3.8) is 0 Å². The minimum absolute atomic E-state index is 0.100. The first-order valence-electron chi connectivity index (χ1n) is 5.95. The fourth-order valence-corrected chi connectivity index (χ4v) is 1.93. The third-order valence-corrected chi connectivity index (χ3v) is 3.06. The van der Waals surface area contributed by atoms with Gasteiger partial charge < -0.3 is 5.11 Å². The fourth-order valence-electron chi connectivity index (χ4n) is 1.93. The zero-order valence-electron chi connectivity index (χ0n) is 10.5. The second-order valence-electron chi connectivity index (χ2n) is 5.74. The number of rotatable bonds is 3. The van der Waals surface area contributed by atoms with Crippen molar-refractivity contribution in [3.05, 3.63) is 23.8 Å². The van der Waals surface area contributed by atoms with Crippen molar-refractivity contribution in [2.75, 3.05) is 0 Å². The van der Waals surface area contributed by atoms with Gasteiger partial charge in [0.25, 0.3) is 0 Å². The largest absolute Gasteiger partial charge is 0.481 e. The highest BCUT2D eigenvalue weighted by molar-refractivity contribution is 5.76. The molecular weight excluding hydrogens is 216 g/mol. The number of carboxylic acids is 1. The summed E-state index contributed by atoms with van der Waals surface area (Å²) in [5.41, 5.74) is 0.629. The molecule has 0 aliphatic heterocycles. The van der Waals surface area contributed by atoms with Crippen LogP contribution in [0.15, 0.2) is 12.4 Å². The van der Waals surface area contributed by atoms with E-state index in [-0.39, 0.29) is 11.3 Å². The van der Waals surface area contributed by atoms with Crippen LogP contribution in [-0.4, -0.2) is 21.0 Å². The van der Waals surface area contributed by atoms with Crippen molar-refractivity contribution >= 4 is 5.97 Å². The van der Waals surface area contributed by atoms with Gasteiger partial charge in [0.15, 0.2) is 0 Å². The Bertz CT molecular complexity index is 416. The van der Waals surface area contributed by atoms with Crippen LogP contribution in [0.3, 0.4) is 0 Å². The van der Waals surface area contributed by atoms with Crippen LogP contribution >= 0.6 is 0 Å². The van der Waals surface area contributed by atoms with Gasteiger partial charge in [0, 0.05) is 23.4 Å². The molecule has 17 heavy (non-hydrogen) atoms. The van der Waals surface area contributed by atoms with Crippen LogP contribution in [0.5, 0.6) is 0 Å². The molecule has 0 spiro atoms. The molecule has 0 aromatic carbocycles. The molecule has 1 unspecified atom stereocenters. The highest BCUT2D eigenvalue weighted by Gasteiger charge is 2.37. The van der Waals surface area contributed by atoms with Crippen LogP contribution in [-0.2, 0) is 10.2 Å². The molecule has 0 bridgehead atoms. The van der Waals surface area contributed by atoms with Crippen molar-refractivity contribution in [1.29, 1.82) is 0 Å². The van der Waals surface area contributed by atoms with Gasteiger partial charge in [0.05, 0.1) is 5.92 Å². The van der Waals surface area contributed by atoms with E-state index in [1.807, 2.05) is 20.8 Å². The molecule has 1 aromatic heterocycles. The maximum atomic E-state index is 11.2.